The topological polar surface area (TPSA) is 85.8 Å². The first-order valence-corrected chi connectivity index (χ1v) is 13.0. The van der Waals surface area contributed by atoms with Crippen molar-refractivity contribution in [1.82, 2.24) is 9.88 Å². The summed E-state index contributed by atoms with van der Waals surface area (Å²) < 4.78 is 11.4. The lowest BCUT2D eigenvalue weighted by molar-refractivity contribution is -0.890. The van der Waals surface area contributed by atoms with Gasteiger partial charge in [-0.2, -0.15) is 0 Å². The second-order valence-electron chi connectivity index (χ2n) is 10.9. The third kappa shape index (κ3) is 12.4. The molecule has 0 atom stereocenters. The standard InChI is InChI=1S/C27H48N4O5/c1-23(32)35-22-21-30(4,5)19-14-12-10-8-9-11-13-15-20-31(6,7)26(33)25-24(17-16-18-28-25)36-27(34)29(2)3/h16-18H,8-15,19-22H2,1-7H3/q+2. The van der Waals surface area contributed by atoms with Crippen LogP contribution in [0.2, 0.25) is 0 Å². The zero-order valence-electron chi connectivity index (χ0n) is 23.5. The molecule has 0 aliphatic carbocycles. The van der Waals surface area contributed by atoms with E-state index in [1.165, 1.54) is 43.9 Å². The Bertz CT molecular complexity index is 839. The molecule has 2 amide bonds. The van der Waals surface area contributed by atoms with Crippen LogP contribution in [-0.2, 0) is 9.53 Å². The van der Waals surface area contributed by atoms with Crippen LogP contribution >= 0.6 is 0 Å². The van der Waals surface area contributed by atoms with Gasteiger partial charge in [-0.15, -0.1) is 0 Å². The van der Waals surface area contributed by atoms with Crippen LogP contribution in [0.15, 0.2) is 18.3 Å². The highest BCUT2D eigenvalue weighted by Gasteiger charge is 2.32. The van der Waals surface area contributed by atoms with E-state index in [-0.39, 0.29) is 27.8 Å². The Labute approximate surface area is 217 Å². The number of esters is 1. The van der Waals surface area contributed by atoms with E-state index in [2.05, 4.69) is 19.1 Å². The van der Waals surface area contributed by atoms with E-state index < -0.39 is 6.09 Å². The van der Waals surface area contributed by atoms with Crippen molar-refractivity contribution in [3.8, 4) is 5.75 Å². The normalized spacial score (nSPS) is 11.8. The SMILES string of the molecule is CC(=O)OCC[N+](C)(C)CCCCCCCCCC[N+](C)(C)C(=O)c1ncccc1OC(=O)N(C)C. The zero-order valence-corrected chi connectivity index (χ0v) is 23.5. The maximum absolute atomic E-state index is 13.1. The van der Waals surface area contributed by atoms with E-state index >= 15 is 0 Å². The molecule has 9 nitrogen and oxygen atoms in total. The van der Waals surface area contributed by atoms with E-state index in [0.717, 1.165) is 36.8 Å². The van der Waals surface area contributed by atoms with Crippen LogP contribution in [0.3, 0.4) is 0 Å². The van der Waals surface area contributed by atoms with Crippen LogP contribution in [-0.4, -0.2) is 105 Å². The lowest BCUT2D eigenvalue weighted by Gasteiger charge is -2.29. The van der Waals surface area contributed by atoms with Gasteiger partial charge in [0, 0.05) is 27.2 Å². The largest absolute Gasteiger partial charge is 0.460 e. The second kappa shape index (κ2) is 15.6. The number of carbonyl (C=O) groups is 3. The molecule has 0 fully saturated rings. The Hall–Kier alpha value is -2.52. The summed E-state index contributed by atoms with van der Waals surface area (Å²) in [7, 11) is 11.3. The first-order valence-electron chi connectivity index (χ1n) is 13.0. The molecule has 1 aromatic heterocycles. The molecule has 204 valence electrons. The number of ether oxygens (including phenoxy) is 2. The highest BCUT2D eigenvalue weighted by molar-refractivity contribution is 5.90. The van der Waals surface area contributed by atoms with Crippen LogP contribution in [0.5, 0.6) is 5.75 Å². The summed E-state index contributed by atoms with van der Waals surface area (Å²) in [5, 5.41) is 0. The molecule has 9 heteroatoms. The molecule has 0 aliphatic heterocycles. The summed E-state index contributed by atoms with van der Waals surface area (Å²) in [6, 6.07) is 3.26. The van der Waals surface area contributed by atoms with E-state index in [0.29, 0.717) is 13.2 Å². The number of aromatic nitrogens is 1. The number of quaternary nitrogens is 2. The molecule has 0 N–H and O–H groups in total. The van der Waals surface area contributed by atoms with Crippen LogP contribution in [0.25, 0.3) is 0 Å². The smallest absolute Gasteiger partial charge is 0.414 e. The number of pyridine rings is 1. The number of carbonyl (C=O) groups excluding carboxylic acids is 3. The summed E-state index contributed by atoms with van der Waals surface area (Å²) in [5.74, 6) is -0.181. The third-order valence-electron chi connectivity index (χ3n) is 6.32. The van der Waals surface area contributed by atoms with E-state index in [1.54, 1.807) is 32.4 Å². The minimum atomic E-state index is -0.538. The van der Waals surface area contributed by atoms with Crippen LogP contribution in [0.1, 0.15) is 68.8 Å². The molecule has 36 heavy (non-hydrogen) atoms. The van der Waals surface area contributed by atoms with Gasteiger partial charge in [-0.3, -0.25) is 9.28 Å². The first-order chi connectivity index (χ1) is 16.9. The van der Waals surface area contributed by atoms with Gasteiger partial charge in [0.1, 0.15) is 13.2 Å². The van der Waals surface area contributed by atoms with Crippen LogP contribution < -0.4 is 4.74 Å². The molecule has 0 saturated carbocycles. The number of rotatable bonds is 16. The lowest BCUT2D eigenvalue weighted by Crippen LogP contribution is -2.46. The number of hydrogen-bond donors (Lipinski definition) is 0. The van der Waals surface area contributed by atoms with Crippen molar-refractivity contribution in [3.63, 3.8) is 0 Å². The van der Waals surface area contributed by atoms with Crippen LogP contribution in [0.4, 0.5) is 4.79 Å². The molecule has 1 aromatic rings. The minimum absolute atomic E-state index is 0.161. The van der Waals surface area contributed by atoms with Gasteiger partial charge in [0.05, 0.1) is 41.3 Å². The molecule has 1 rings (SSSR count). The Balaban J connectivity index is 2.27. The quantitative estimate of drug-likeness (QED) is 0.190. The highest BCUT2D eigenvalue weighted by Crippen LogP contribution is 2.21. The van der Waals surface area contributed by atoms with Gasteiger partial charge in [0.25, 0.3) is 0 Å². The van der Waals surface area contributed by atoms with Crippen molar-refractivity contribution < 1.29 is 32.8 Å². The maximum Gasteiger partial charge on any atom is 0.414 e. The van der Waals surface area contributed by atoms with Gasteiger partial charge in [-0.05, 0) is 37.8 Å². The average Bonchev–Trinajstić information content (AvgIpc) is 2.79. The molecule has 1 heterocycles. The Morgan fingerprint density at radius 2 is 1.42 bits per heavy atom. The summed E-state index contributed by atoms with van der Waals surface area (Å²) in [5.41, 5.74) is 0.186. The molecule has 0 aliphatic rings. The highest BCUT2D eigenvalue weighted by atomic mass is 16.6. The van der Waals surface area contributed by atoms with Crippen molar-refractivity contribution in [2.45, 2.75) is 58.3 Å². The molecular formula is C27H48N4O5+2. The fourth-order valence-corrected chi connectivity index (χ4v) is 3.86. The van der Waals surface area contributed by atoms with Crippen molar-refractivity contribution in [2.75, 3.05) is 68.5 Å². The van der Waals surface area contributed by atoms with Gasteiger partial charge in [-0.1, -0.05) is 25.7 Å². The Morgan fingerprint density at radius 1 is 0.861 bits per heavy atom. The predicted octanol–water partition coefficient (Wildman–Crippen LogP) is 4.12. The molecule has 0 bridgehead atoms. The summed E-state index contributed by atoms with van der Waals surface area (Å²) in [6.45, 7) is 4.58. The summed E-state index contributed by atoms with van der Waals surface area (Å²) in [4.78, 5) is 41.5. The number of unbranched alkanes of at least 4 members (excludes halogenated alkanes) is 7. The van der Waals surface area contributed by atoms with Gasteiger partial charge < -0.3 is 18.9 Å². The molecular weight excluding hydrogens is 460 g/mol. The predicted molar refractivity (Wildman–Crippen MR) is 141 cm³/mol. The van der Waals surface area contributed by atoms with Crippen molar-refractivity contribution >= 4 is 18.0 Å². The van der Waals surface area contributed by atoms with Crippen molar-refractivity contribution in [2.24, 2.45) is 0 Å². The summed E-state index contributed by atoms with van der Waals surface area (Å²) >= 11 is 0. The minimum Gasteiger partial charge on any atom is -0.460 e. The molecule has 0 aromatic carbocycles. The Morgan fingerprint density at radius 3 is 1.97 bits per heavy atom. The van der Waals surface area contributed by atoms with Crippen molar-refractivity contribution in [1.29, 1.82) is 0 Å². The third-order valence-corrected chi connectivity index (χ3v) is 6.32. The molecule has 0 unspecified atom stereocenters. The zero-order chi connectivity index (χ0) is 27.2. The second-order valence-corrected chi connectivity index (χ2v) is 10.9. The monoisotopic (exact) mass is 508 g/mol. The number of nitrogens with zero attached hydrogens (tertiary/aromatic N) is 4. The Kier molecular flexibility index (Phi) is 13.6. The maximum atomic E-state index is 13.1. The number of likely N-dealkylation sites (N-methyl/N-ethyl adjacent to an activating group) is 1. The average molecular weight is 509 g/mol. The van der Waals surface area contributed by atoms with Gasteiger partial charge in [0.2, 0.25) is 5.69 Å². The van der Waals surface area contributed by atoms with Crippen molar-refractivity contribution in [3.05, 3.63) is 24.0 Å². The molecule has 0 saturated heterocycles. The first kappa shape index (κ1) is 31.5. The fraction of sp³-hybridized carbons (Fsp3) is 0.704. The van der Waals surface area contributed by atoms with Gasteiger partial charge in [-0.25, -0.2) is 14.6 Å². The van der Waals surface area contributed by atoms with E-state index in [9.17, 15) is 14.4 Å². The summed E-state index contributed by atoms with van der Waals surface area (Å²) in [6.07, 6.45) is 10.3. The molecule has 0 spiro atoms. The van der Waals surface area contributed by atoms with Gasteiger partial charge >= 0.3 is 18.0 Å². The molecule has 0 radical (unpaired) electrons. The lowest BCUT2D eigenvalue weighted by atomic mass is 10.1. The van der Waals surface area contributed by atoms with Gasteiger partial charge in [0.15, 0.2) is 5.75 Å². The van der Waals surface area contributed by atoms with Crippen LogP contribution in [0, 0.1) is 0 Å². The number of amides is 2. The van der Waals surface area contributed by atoms with E-state index in [4.69, 9.17) is 9.47 Å². The fourth-order valence-electron chi connectivity index (χ4n) is 3.86. The number of hydrogen-bond acceptors (Lipinski definition) is 6. The van der Waals surface area contributed by atoms with E-state index in [1.807, 2.05) is 14.1 Å².